The number of allylic oxidation sites excluding steroid dienone is 3. The van der Waals surface area contributed by atoms with Gasteiger partial charge in [0.2, 0.25) is 0 Å². The lowest BCUT2D eigenvalue weighted by molar-refractivity contribution is 0.309. The van der Waals surface area contributed by atoms with Crippen molar-refractivity contribution in [2.45, 2.75) is 0 Å². The van der Waals surface area contributed by atoms with E-state index in [1.54, 1.807) is 31.5 Å². The summed E-state index contributed by atoms with van der Waals surface area (Å²) in [4.78, 5) is 4.12. The molecule has 15 heavy (non-hydrogen) atoms. The maximum atomic E-state index is 5.95. The largest absolute Gasteiger partial charge is 0.497 e. The predicted molar refractivity (Wildman–Crippen MR) is 63.4 cm³/mol. The van der Waals surface area contributed by atoms with Crippen LogP contribution in [0, 0.1) is 0 Å². The van der Waals surface area contributed by atoms with Crippen molar-refractivity contribution in [2.24, 2.45) is 0 Å². The molecule has 0 N–H and O–H groups in total. The number of nitrogens with zero attached hydrogens (tertiary/aromatic N) is 1. The number of methoxy groups -OCH3 is 1. The Bertz CT molecular complexity index is 382. The van der Waals surface area contributed by atoms with Crippen LogP contribution in [-0.2, 0) is 4.74 Å². The van der Waals surface area contributed by atoms with Crippen molar-refractivity contribution >= 4 is 17.7 Å². The third-order valence-electron chi connectivity index (χ3n) is 1.66. The van der Waals surface area contributed by atoms with Gasteiger partial charge in [-0.3, -0.25) is 4.98 Å². The molecule has 0 saturated heterocycles. The zero-order valence-electron chi connectivity index (χ0n) is 8.48. The Hall–Kier alpha value is -1.54. The summed E-state index contributed by atoms with van der Waals surface area (Å²) < 4.78 is 4.87. The van der Waals surface area contributed by atoms with Gasteiger partial charge in [0.25, 0.3) is 0 Å². The highest BCUT2D eigenvalue weighted by Crippen LogP contribution is 2.10. The maximum absolute atomic E-state index is 5.95. The quantitative estimate of drug-likeness (QED) is 0.575. The fourth-order valence-corrected chi connectivity index (χ4v) is 1.07. The van der Waals surface area contributed by atoms with Crippen LogP contribution in [0.1, 0.15) is 5.69 Å². The number of hydrogen-bond donors (Lipinski definition) is 0. The smallest absolute Gasteiger partial charge is 0.111 e. The molecule has 1 heterocycles. The van der Waals surface area contributed by atoms with Crippen LogP contribution in [0.15, 0.2) is 53.9 Å². The third kappa shape index (κ3) is 4.47. The van der Waals surface area contributed by atoms with E-state index < -0.39 is 0 Å². The van der Waals surface area contributed by atoms with E-state index in [2.05, 4.69) is 11.6 Å². The van der Waals surface area contributed by atoms with E-state index in [4.69, 9.17) is 16.3 Å². The number of ether oxygens (including phenoxy) is 1. The van der Waals surface area contributed by atoms with E-state index in [0.717, 1.165) is 5.69 Å². The zero-order chi connectivity index (χ0) is 11.1. The summed E-state index contributed by atoms with van der Waals surface area (Å²) in [6, 6.07) is 5.63. The van der Waals surface area contributed by atoms with Crippen molar-refractivity contribution in [1.29, 1.82) is 0 Å². The molecule has 0 aromatic carbocycles. The topological polar surface area (TPSA) is 22.1 Å². The average molecular weight is 222 g/mol. The van der Waals surface area contributed by atoms with E-state index in [9.17, 15) is 0 Å². The minimum atomic E-state index is 0.558. The molecule has 1 aromatic heterocycles. The summed E-state index contributed by atoms with van der Waals surface area (Å²) in [6.07, 6.45) is 6.89. The van der Waals surface area contributed by atoms with Gasteiger partial charge in [-0.25, -0.2) is 0 Å². The molecule has 0 atom stereocenters. The highest BCUT2D eigenvalue weighted by molar-refractivity contribution is 6.33. The van der Waals surface area contributed by atoms with E-state index in [1.165, 1.54) is 0 Å². The highest BCUT2D eigenvalue weighted by Gasteiger charge is 1.90. The van der Waals surface area contributed by atoms with Gasteiger partial charge in [0.15, 0.2) is 0 Å². The number of rotatable bonds is 4. The van der Waals surface area contributed by atoms with Crippen LogP contribution in [0.3, 0.4) is 0 Å². The van der Waals surface area contributed by atoms with Crippen molar-refractivity contribution in [2.75, 3.05) is 7.11 Å². The third-order valence-corrected chi connectivity index (χ3v) is 1.90. The van der Waals surface area contributed by atoms with Gasteiger partial charge in [-0.2, -0.15) is 0 Å². The van der Waals surface area contributed by atoms with Crippen molar-refractivity contribution in [3.05, 3.63) is 59.6 Å². The Morgan fingerprint density at radius 2 is 2.27 bits per heavy atom. The number of aromatic nitrogens is 1. The lowest BCUT2D eigenvalue weighted by atomic mass is 10.3. The zero-order valence-corrected chi connectivity index (χ0v) is 9.24. The van der Waals surface area contributed by atoms with Gasteiger partial charge in [0.1, 0.15) is 5.76 Å². The first-order valence-electron chi connectivity index (χ1n) is 4.41. The van der Waals surface area contributed by atoms with E-state index in [1.807, 2.05) is 18.2 Å². The van der Waals surface area contributed by atoms with Crippen LogP contribution in [0.4, 0.5) is 0 Å². The molecule has 0 aliphatic carbocycles. The van der Waals surface area contributed by atoms with Crippen molar-refractivity contribution < 1.29 is 4.74 Å². The predicted octanol–water partition coefficient (Wildman–Crippen LogP) is 3.38. The molecule has 0 aliphatic rings. The normalized spacial score (nSPS) is 11.7. The molecular formula is C12H12ClNO. The van der Waals surface area contributed by atoms with Crippen LogP contribution in [-0.4, -0.2) is 12.1 Å². The minimum absolute atomic E-state index is 0.558. The van der Waals surface area contributed by atoms with E-state index >= 15 is 0 Å². The summed E-state index contributed by atoms with van der Waals surface area (Å²) in [5.41, 5.74) is 0.815. The van der Waals surface area contributed by atoms with E-state index in [0.29, 0.717) is 10.8 Å². The molecule has 1 aromatic rings. The van der Waals surface area contributed by atoms with Gasteiger partial charge < -0.3 is 4.74 Å². The second kappa shape index (κ2) is 6.04. The second-order valence-corrected chi connectivity index (χ2v) is 3.22. The van der Waals surface area contributed by atoms with Crippen molar-refractivity contribution in [3.8, 4) is 0 Å². The molecule has 78 valence electrons. The number of hydrogen-bond acceptors (Lipinski definition) is 2. The lowest BCUT2D eigenvalue weighted by Crippen LogP contribution is -1.79. The molecule has 1 rings (SSSR count). The minimum Gasteiger partial charge on any atom is -0.497 e. The van der Waals surface area contributed by atoms with Gasteiger partial charge in [-0.05, 0) is 30.4 Å². The Labute approximate surface area is 94.6 Å². The van der Waals surface area contributed by atoms with Crippen molar-refractivity contribution in [1.82, 2.24) is 4.98 Å². The molecule has 0 radical (unpaired) electrons. The molecule has 3 heteroatoms. The summed E-state index contributed by atoms with van der Waals surface area (Å²) in [5, 5.41) is 0.576. The van der Waals surface area contributed by atoms with Crippen LogP contribution < -0.4 is 0 Å². The first-order valence-corrected chi connectivity index (χ1v) is 4.79. The highest BCUT2D eigenvalue weighted by atomic mass is 35.5. The molecule has 2 nitrogen and oxygen atoms in total. The summed E-state index contributed by atoms with van der Waals surface area (Å²) in [6.45, 7) is 3.64. The van der Waals surface area contributed by atoms with Crippen LogP contribution >= 0.6 is 11.6 Å². The van der Waals surface area contributed by atoms with E-state index in [-0.39, 0.29) is 0 Å². The van der Waals surface area contributed by atoms with Crippen LogP contribution in [0.5, 0.6) is 0 Å². The number of pyridine rings is 1. The van der Waals surface area contributed by atoms with Crippen LogP contribution in [0.25, 0.3) is 6.08 Å². The molecule has 0 bridgehead atoms. The second-order valence-electron chi connectivity index (χ2n) is 2.79. The molecule has 0 aliphatic heterocycles. The first-order chi connectivity index (χ1) is 7.22. The SMILES string of the molecule is C=C(/C=C\C(Cl)=C\c1ccccn1)OC. The Balaban J connectivity index is 2.69. The summed E-state index contributed by atoms with van der Waals surface area (Å²) in [7, 11) is 1.56. The lowest BCUT2D eigenvalue weighted by Gasteiger charge is -1.95. The van der Waals surface area contributed by atoms with Gasteiger partial charge >= 0.3 is 0 Å². The first kappa shape index (κ1) is 11.5. The van der Waals surface area contributed by atoms with Gasteiger partial charge in [0, 0.05) is 11.2 Å². The Morgan fingerprint density at radius 3 is 2.87 bits per heavy atom. The molecule has 0 spiro atoms. The molecule has 0 amide bonds. The molecule has 0 fully saturated rings. The summed E-state index contributed by atoms with van der Waals surface area (Å²) >= 11 is 5.95. The molecule has 0 unspecified atom stereocenters. The monoisotopic (exact) mass is 221 g/mol. The fourth-order valence-electron chi connectivity index (χ4n) is 0.891. The van der Waals surface area contributed by atoms with Crippen molar-refractivity contribution in [3.63, 3.8) is 0 Å². The average Bonchev–Trinajstić information content (AvgIpc) is 2.27. The Morgan fingerprint density at radius 1 is 1.47 bits per heavy atom. The van der Waals surface area contributed by atoms with Crippen LogP contribution in [0.2, 0.25) is 0 Å². The maximum Gasteiger partial charge on any atom is 0.111 e. The fraction of sp³-hybridized carbons (Fsp3) is 0.0833. The van der Waals surface area contributed by atoms with Gasteiger partial charge in [-0.15, -0.1) is 0 Å². The van der Waals surface area contributed by atoms with Gasteiger partial charge in [0.05, 0.1) is 12.8 Å². The molecule has 0 saturated carbocycles. The Kier molecular flexibility index (Phi) is 4.64. The number of halogens is 1. The summed E-state index contributed by atoms with van der Waals surface area (Å²) in [5.74, 6) is 0.558. The standard InChI is InChI=1S/C12H12ClNO/c1-10(15-2)6-7-11(13)9-12-5-3-4-8-14-12/h3-9H,1H2,2H3/b7-6-,11-9-. The van der Waals surface area contributed by atoms with Gasteiger partial charge in [-0.1, -0.05) is 24.2 Å². The molecular weight excluding hydrogens is 210 g/mol.